The van der Waals surface area contributed by atoms with Gasteiger partial charge in [-0.1, -0.05) is 42.5 Å². The quantitative estimate of drug-likeness (QED) is 0.756. The summed E-state index contributed by atoms with van der Waals surface area (Å²) >= 11 is 0. The molecule has 0 radical (unpaired) electrons. The largest absolute Gasteiger partial charge is 0.458 e. The molecule has 0 aromatic heterocycles. The van der Waals surface area contributed by atoms with Crippen LogP contribution in [-0.4, -0.2) is 18.3 Å². The first-order valence-electron chi connectivity index (χ1n) is 8.73. The molecular formula is C21H24BNO2. The summed E-state index contributed by atoms with van der Waals surface area (Å²) in [6.45, 7) is 8.30. The van der Waals surface area contributed by atoms with Gasteiger partial charge in [0.25, 0.3) is 0 Å². The predicted octanol–water partition coefficient (Wildman–Crippen LogP) is 4.78. The summed E-state index contributed by atoms with van der Waals surface area (Å²) in [5, 5.41) is 9.04. The summed E-state index contributed by atoms with van der Waals surface area (Å²) in [5.41, 5.74) is 2.40. The Kier molecular flexibility index (Phi) is 4.73. The van der Waals surface area contributed by atoms with Crippen molar-refractivity contribution in [3.05, 3.63) is 71.3 Å². The zero-order valence-corrected chi connectivity index (χ0v) is 15.3. The lowest BCUT2D eigenvalue weighted by Gasteiger charge is -2.32. The fourth-order valence-corrected chi connectivity index (χ4v) is 3.19. The third-order valence-electron chi connectivity index (χ3n) is 5.37. The molecule has 25 heavy (non-hydrogen) atoms. The molecule has 1 unspecified atom stereocenters. The van der Waals surface area contributed by atoms with Gasteiger partial charge in [0, 0.05) is 5.92 Å². The molecule has 3 rings (SSSR count). The minimum Gasteiger partial charge on any atom is -0.403 e. The van der Waals surface area contributed by atoms with Crippen LogP contribution in [0.1, 0.15) is 50.3 Å². The average molecular weight is 333 g/mol. The first-order valence-corrected chi connectivity index (χ1v) is 8.73. The molecule has 1 saturated heterocycles. The van der Waals surface area contributed by atoms with Gasteiger partial charge in [0.1, 0.15) is 0 Å². The maximum Gasteiger partial charge on any atom is 0.458 e. The van der Waals surface area contributed by atoms with Gasteiger partial charge in [0.15, 0.2) is 0 Å². The highest BCUT2D eigenvalue weighted by Gasteiger charge is 2.51. The maximum atomic E-state index is 9.04. The lowest BCUT2D eigenvalue weighted by Crippen LogP contribution is -2.41. The van der Waals surface area contributed by atoms with E-state index in [1.165, 1.54) is 11.1 Å². The van der Waals surface area contributed by atoms with Crippen molar-refractivity contribution in [2.24, 2.45) is 0 Å². The average Bonchev–Trinajstić information content (AvgIpc) is 2.80. The van der Waals surface area contributed by atoms with Crippen molar-refractivity contribution in [3.8, 4) is 6.07 Å². The van der Waals surface area contributed by atoms with Crippen LogP contribution in [0.4, 0.5) is 0 Å². The molecule has 2 aromatic rings. The van der Waals surface area contributed by atoms with E-state index >= 15 is 0 Å². The molecule has 0 amide bonds. The second kappa shape index (κ2) is 6.67. The fraction of sp³-hybridized carbons (Fsp3) is 0.381. The van der Waals surface area contributed by atoms with Crippen molar-refractivity contribution in [2.45, 2.75) is 51.1 Å². The molecule has 0 saturated carbocycles. The van der Waals surface area contributed by atoms with Crippen molar-refractivity contribution in [1.82, 2.24) is 0 Å². The van der Waals surface area contributed by atoms with E-state index in [9.17, 15) is 0 Å². The Morgan fingerprint density at radius 3 is 1.92 bits per heavy atom. The van der Waals surface area contributed by atoms with Gasteiger partial charge in [-0.25, -0.2) is 0 Å². The first kappa shape index (κ1) is 17.7. The minimum atomic E-state index is -0.330. The molecule has 128 valence electrons. The summed E-state index contributed by atoms with van der Waals surface area (Å²) in [6.07, 6.45) is 0.739. The number of nitriles is 1. The molecule has 1 heterocycles. The van der Waals surface area contributed by atoms with Gasteiger partial charge in [-0.05, 0) is 57.3 Å². The van der Waals surface area contributed by atoms with E-state index < -0.39 is 0 Å². The van der Waals surface area contributed by atoms with Gasteiger partial charge < -0.3 is 9.31 Å². The van der Waals surface area contributed by atoms with Gasteiger partial charge in [0.2, 0.25) is 0 Å². The molecule has 1 aliphatic rings. The first-order chi connectivity index (χ1) is 11.8. The molecule has 3 nitrogen and oxygen atoms in total. The normalized spacial score (nSPS) is 19.4. The molecule has 2 aromatic carbocycles. The standard InChI is InChI=1S/C21H24BNO2/c1-20(2)21(3,4)25-22(24-20)14-19(17-8-6-5-7-9-17)18-12-10-16(15-23)11-13-18/h5-13,19H,14H2,1-4H3. The number of hydrogen-bond acceptors (Lipinski definition) is 3. The van der Waals surface area contributed by atoms with Crippen LogP contribution in [-0.2, 0) is 9.31 Å². The van der Waals surface area contributed by atoms with Crippen molar-refractivity contribution in [3.63, 3.8) is 0 Å². The highest BCUT2D eigenvalue weighted by Crippen LogP contribution is 2.41. The van der Waals surface area contributed by atoms with Crippen LogP contribution in [0.5, 0.6) is 0 Å². The highest BCUT2D eigenvalue weighted by atomic mass is 16.7. The van der Waals surface area contributed by atoms with Gasteiger partial charge >= 0.3 is 7.12 Å². The summed E-state index contributed by atoms with van der Waals surface area (Å²) in [5.74, 6) is 0.156. The lowest BCUT2D eigenvalue weighted by molar-refractivity contribution is 0.00578. The van der Waals surface area contributed by atoms with Gasteiger partial charge in [-0.3, -0.25) is 0 Å². The summed E-state index contributed by atoms with van der Waals surface area (Å²) < 4.78 is 12.4. The van der Waals surface area contributed by atoms with Crippen molar-refractivity contribution >= 4 is 7.12 Å². The lowest BCUT2D eigenvalue weighted by atomic mass is 9.72. The van der Waals surface area contributed by atoms with Crippen molar-refractivity contribution in [1.29, 1.82) is 5.26 Å². The third-order valence-corrected chi connectivity index (χ3v) is 5.37. The van der Waals surface area contributed by atoms with Crippen molar-refractivity contribution in [2.75, 3.05) is 0 Å². The predicted molar refractivity (Wildman–Crippen MR) is 100 cm³/mol. The highest BCUT2D eigenvalue weighted by molar-refractivity contribution is 6.45. The Bertz CT molecular complexity index is 747. The second-order valence-electron chi connectivity index (χ2n) is 7.62. The van der Waals surface area contributed by atoms with E-state index in [2.05, 4.69) is 58.0 Å². The van der Waals surface area contributed by atoms with Crippen LogP contribution >= 0.6 is 0 Å². The molecule has 1 fully saturated rings. The van der Waals surface area contributed by atoms with Gasteiger partial charge in [-0.2, -0.15) is 5.26 Å². The Labute approximate surface area is 150 Å². The van der Waals surface area contributed by atoms with Crippen LogP contribution in [0.2, 0.25) is 6.32 Å². The number of nitrogens with zero attached hydrogens (tertiary/aromatic N) is 1. The van der Waals surface area contributed by atoms with Gasteiger partial charge in [-0.15, -0.1) is 0 Å². The SMILES string of the molecule is CC1(C)OB(CC(c2ccccc2)c2ccc(C#N)cc2)OC1(C)C. The molecule has 0 bridgehead atoms. The van der Waals surface area contributed by atoms with E-state index in [0.717, 1.165) is 6.32 Å². The molecule has 1 atom stereocenters. The van der Waals surface area contributed by atoms with Crippen LogP contribution in [0.25, 0.3) is 0 Å². The van der Waals surface area contributed by atoms with Crippen LogP contribution in [0.3, 0.4) is 0 Å². The molecule has 0 aliphatic carbocycles. The second-order valence-corrected chi connectivity index (χ2v) is 7.62. The monoisotopic (exact) mass is 333 g/mol. The zero-order valence-electron chi connectivity index (χ0n) is 15.3. The van der Waals surface area contributed by atoms with E-state index in [1.54, 1.807) is 0 Å². The Morgan fingerprint density at radius 2 is 1.40 bits per heavy atom. The minimum absolute atomic E-state index is 0.156. The van der Waals surface area contributed by atoms with Crippen LogP contribution < -0.4 is 0 Å². The molecule has 4 heteroatoms. The topological polar surface area (TPSA) is 42.2 Å². The van der Waals surface area contributed by atoms with Gasteiger partial charge in [0.05, 0.1) is 22.8 Å². The number of benzene rings is 2. The van der Waals surface area contributed by atoms with Crippen LogP contribution in [0.15, 0.2) is 54.6 Å². The Hall–Kier alpha value is -2.09. The molecule has 0 spiro atoms. The van der Waals surface area contributed by atoms with E-state index in [1.807, 2.05) is 30.3 Å². The Balaban J connectivity index is 1.89. The summed E-state index contributed by atoms with van der Waals surface area (Å²) in [4.78, 5) is 0. The summed E-state index contributed by atoms with van der Waals surface area (Å²) in [6, 6.07) is 20.4. The number of hydrogen-bond donors (Lipinski definition) is 0. The summed E-state index contributed by atoms with van der Waals surface area (Å²) in [7, 11) is -0.258. The smallest absolute Gasteiger partial charge is 0.403 e. The molecule has 1 aliphatic heterocycles. The van der Waals surface area contributed by atoms with E-state index in [-0.39, 0.29) is 24.2 Å². The van der Waals surface area contributed by atoms with Crippen LogP contribution in [0, 0.1) is 11.3 Å². The van der Waals surface area contributed by atoms with E-state index in [0.29, 0.717) is 5.56 Å². The van der Waals surface area contributed by atoms with E-state index in [4.69, 9.17) is 14.6 Å². The molecular weight excluding hydrogens is 309 g/mol. The maximum absolute atomic E-state index is 9.04. The number of rotatable bonds is 4. The zero-order chi connectivity index (χ0) is 18.1. The third kappa shape index (κ3) is 3.63. The molecule has 0 N–H and O–H groups in total. The fourth-order valence-electron chi connectivity index (χ4n) is 3.19. The van der Waals surface area contributed by atoms with Crippen molar-refractivity contribution < 1.29 is 9.31 Å². The Morgan fingerprint density at radius 1 is 0.880 bits per heavy atom.